The quantitative estimate of drug-likeness (QED) is 0.516. The van der Waals surface area contributed by atoms with Gasteiger partial charge in [0.05, 0.1) is 0 Å². The first kappa shape index (κ1) is 23.5. The van der Waals surface area contributed by atoms with Crippen molar-refractivity contribution in [2.75, 3.05) is 52.9 Å². The summed E-state index contributed by atoms with van der Waals surface area (Å²) in [5, 5.41) is 1.33. The van der Waals surface area contributed by atoms with Gasteiger partial charge in [0, 0.05) is 68.0 Å². The Balaban J connectivity index is 1.28. The highest BCUT2D eigenvalue weighted by molar-refractivity contribution is 5.85. The van der Waals surface area contributed by atoms with E-state index in [0.29, 0.717) is 0 Å². The van der Waals surface area contributed by atoms with Crippen molar-refractivity contribution in [1.29, 1.82) is 0 Å². The fourth-order valence-electron chi connectivity index (χ4n) is 5.81. The summed E-state index contributed by atoms with van der Waals surface area (Å²) in [6, 6.07) is 13.0. The molecule has 0 saturated carbocycles. The van der Waals surface area contributed by atoms with E-state index >= 15 is 0 Å². The number of fused-ring (bicyclic) bond motifs is 1. The molecule has 4 nitrogen and oxygen atoms in total. The van der Waals surface area contributed by atoms with Crippen molar-refractivity contribution in [2.24, 2.45) is 0 Å². The molecular formula is C28H36F2N4. The van der Waals surface area contributed by atoms with E-state index in [1.807, 2.05) is 0 Å². The highest BCUT2D eigenvalue weighted by atomic mass is 19.1. The molecule has 0 spiro atoms. The van der Waals surface area contributed by atoms with Crippen molar-refractivity contribution < 1.29 is 8.78 Å². The molecule has 6 heteroatoms. The molecule has 0 aliphatic carbocycles. The normalized spacial score (nSPS) is 19.3. The van der Waals surface area contributed by atoms with Crippen LogP contribution in [0.5, 0.6) is 0 Å². The second kappa shape index (κ2) is 10.1. The lowest BCUT2D eigenvalue weighted by Gasteiger charge is -2.33. The molecule has 34 heavy (non-hydrogen) atoms. The van der Waals surface area contributed by atoms with Crippen LogP contribution in [0, 0.1) is 18.6 Å². The molecule has 0 radical (unpaired) electrons. The standard InChI is InChI=1S/C28H36F2N4/c1-21-24(20-33-12-10-22(11-13-33)28-25(29)7-5-8-26(28)30)23-6-3-4-9-27(23)34(21)19-18-32-16-14-31(2)15-17-32/h3-9,22H,10-20H2,1-2H3. The van der Waals surface area contributed by atoms with Gasteiger partial charge in [0.25, 0.3) is 0 Å². The van der Waals surface area contributed by atoms with Crippen LogP contribution in [0.15, 0.2) is 42.5 Å². The summed E-state index contributed by atoms with van der Waals surface area (Å²) in [6.07, 6.45) is 1.58. The Bertz CT molecular complexity index is 1100. The second-order valence-electron chi connectivity index (χ2n) is 10.1. The molecule has 3 aromatic rings. The predicted molar refractivity (Wildman–Crippen MR) is 134 cm³/mol. The van der Waals surface area contributed by atoms with Crippen LogP contribution in [0.2, 0.25) is 0 Å². The minimum Gasteiger partial charge on any atom is -0.343 e. The molecule has 5 rings (SSSR count). The minimum absolute atomic E-state index is 0.0384. The van der Waals surface area contributed by atoms with E-state index in [2.05, 4.69) is 57.5 Å². The van der Waals surface area contributed by atoms with Crippen LogP contribution in [0.1, 0.15) is 35.6 Å². The van der Waals surface area contributed by atoms with Gasteiger partial charge in [0.15, 0.2) is 0 Å². The van der Waals surface area contributed by atoms with Crippen LogP contribution in [0.3, 0.4) is 0 Å². The lowest BCUT2D eigenvalue weighted by molar-refractivity contribution is 0.150. The lowest BCUT2D eigenvalue weighted by Crippen LogP contribution is -2.45. The molecule has 2 aliphatic rings. The topological polar surface area (TPSA) is 14.7 Å². The smallest absolute Gasteiger partial charge is 0.129 e. The van der Waals surface area contributed by atoms with Gasteiger partial charge in [-0.25, -0.2) is 8.78 Å². The molecular weight excluding hydrogens is 430 g/mol. The second-order valence-corrected chi connectivity index (χ2v) is 10.1. The van der Waals surface area contributed by atoms with Crippen LogP contribution in [-0.4, -0.2) is 72.1 Å². The van der Waals surface area contributed by atoms with Crippen molar-refractivity contribution >= 4 is 10.9 Å². The summed E-state index contributed by atoms with van der Waals surface area (Å²) < 4.78 is 31.0. The largest absolute Gasteiger partial charge is 0.343 e. The van der Waals surface area contributed by atoms with Crippen LogP contribution >= 0.6 is 0 Å². The molecule has 2 saturated heterocycles. The Morgan fingerprint density at radius 1 is 0.794 bits per heavy atom. The van der Waals surface area contributed by atoms with Crippen molar-refractivity contribution in [3.8, 4) is 0 Å². The maximum Gasteiger partial charge on any atom is 0.129 e. The van der Waals surface area contributed by atoms with E-state index in [1.54, 1.807) is 0 Å². The van der Waals surface area contributed by atoms with Crippen molar-refractivity contribution in [2.45, 2.75) is 38.8 Å². The van der Waals surface area contributed by atoms with Gasteiger partial charge in [-0.1, -0.05) is 24.3 Å². The Hall–Kier alpha value is -2.28. The summed E-state index contributed by atoms with van der Waals surface area (Å²) in [5.41, 5.74) is 4.33. The van der Waals surface area contributed by atoms with E-state index in [0.717, 1.165) is 71.7 Å². The maximum atomic E-state index is 14.3. The SMILES string of the molecule is Cc1c(CN2CCC(c3c(F)cccc3F)CC2)c2ccccc2n1CCN1CCN(C)CC1. The van der Waals surface area contributed by atoms with Crippen molar-refractivity contribution in [1.82, 2.24) is 19.3 Å². The van der Waals surface area contributed by atoms with Crippen LogP contribution in [0.4, 0.5) is 8.78 Å². The van der Waals surface area contributed by atoms with E-state index in [1.165, 1.54) is 40.4 Å². The molecule has 0 amide bonds. The highest BCUT2D eigenvalue weighted by Crippen LogP contribution is 2.34. The van der Waals surface area contributed by atoms with E-state index in [-0.39, 0.29) is 11.5 Å². The molecule has 2 aromatic carbocycles. The fraction of sp³-hybridized carbons (Fsp3) is 0.500. The third-order valence-corrected chi connectivity index (χ3v) is 7.97. The molecule has 0 bridgehead atoms. The van der Waals surface area contributed by atoms with Crippen LogP contribution in [0.25, 0.3) is 10.9 Å². The van der Waals surface area contributed by atoms with Gasteiger partial charge in [0.2, 0.25) is 0 Å². The number of hydrogen-bond donors (Lipinski definition) is 0. The number of benzene rings is 2. The molecule has 2 aliphatic heterocycles. The van der Waals surface area contributed by atoms with Crippen molar-refractivity contribution in [3.05, 3.63) is 70.9 Å². The highest BCUT2D eigenvalue weighted by Gasteiger charge is 2.26. The minimum atomic E-state index is -0.405. The van der Waals surface area contributed by atoms with Gasteiger partial charge in [-0.3, -0.25) is 9.80 Å². The third kappa shape index (κ3) is 4.77. The number of likely N-dealkylation sites (tertiary alicyclic amines) is 1. The number of piperidine rings is 1. The van der Waals surface area contributed by atoms with Crippen LogP contribution in [-0.2, 0) is 13.1 Å². The predicted octanol–water partition coefficient (Wildman–Crippen LogP) is 4.85. The van der Waals surface area contributed by atoms with E-state index in [4.69, 9.17) is 0 Å². The average Bonchev–Trinajstić information content (AvgIpc) is 3.10. The number of hydrogen-bond acceptors (Lipinski definition) is 3. The Morgan fingerprint density at radius 3 is 2.18 bits per heavy atom. The zero-order chi connectivity index (χ0) is 23.7. The maximum absolute atomic E-state index is 14.3. The summed E-state index contributed by atoms with van der Waals surface area (Å²) in [7, 11) is 2.20. The fourth-order valence-corrected chi connectivity index (χ4v) is 5.81. The van der Waals surface area contributed by atoms with Gasteiger partial charge in [-0.15, -0.1) is 0 Å². The number of para-hydroxylation sites is 1. The first-order valence-corrected chi connectivity index (χ1v) is 12.6. The first-order chi connectivity index (χ1) is 16.5. The summed E-state index contributed by atoms with van der Waals surface area (Å²) >= 11 is 0. The molecule has 1 aromatic heterocycles. The zero-order valence-electron chi connectivity index (χ0n) is 20.4. The van der Waals surface area contributed by atoms with Gasteiger partial charge < -0.3 is 9.47 Å². The molecule has 0 unspecified atom stereocenters. The van der Waals surface area contributed by atoms with Crippen molar-refractivity contribution in [3.63, 3.8) is 0 Å². The average molecular weight is 467 g/mol. The number of nitrogens with zero attached hydrogens (tertiary/aromatic N) is 4. The summed E-state index contributed by atoms with van der Waals surface area (Å²) in [4.78, 5) is 7.42. The number of piperazine rings is 1. The van der Waals surface area contributed by atoms with Gasteiger partial charge in [-0.05, 0) is 69.6 Å². The monoisotopic (exact) mass is 466 g/mol. The number of aromatic nitrogens is 1. The molecule has 2 fully saturated rings. The van der Waals surface area contributed by atoms with Crippen LogP contribution < -0.4 is 0 Å². The van der Waals surface area contributed by atoms with Gasteiger partial charge in [-0.2, -0.15) is 0 Å². The first-order valence-electron chi connectivity index (χ1n) is 12.6. The molecule has 182 valence electrons. The Morgan fingerprint density at radius 2 is 1.47 bits per heavy atom. The Kier molecular flexibility index (Phi) is 7.00. The van der Waals surface area contributed by atoms with E-state index < -0.39 is 11.6 Å². The third-order valence-electron chi connectivity index (χ3n) is 7.97. The zero-order valence-corrected chi connectivity index (χ0v) is 20.4. The molecule has 0 atom stereocenters. The number of rotatable bonds is 6. The molecule has 0 N–H and O–H groups in total. The summed E-state index contributed by atoms with van der Waals surface area (Å²) in [6.45, 7) is 11.5. The number of halogens is 2. The van der Waals surface area contributed by atoms with Gasteiger partial charge in [0.1, 0.15) is 11.6 Å². The molecule has 3 heterocycles. The van der Waals surface area contributed by atoms with Gasteiger partial charge >= 0.3 is 0 Å². The lowest BCUT2D eigenvalue weighted by atomic mass is 9.88. The number of likely N-dealkylation sites (N-methyl/N-ethyl adjacent to an activating group) is 1. The summed E-state index contributed by atoms with van der Waals surface area (Å²) in [5.74, 6) is -0.848. The van der Waals surface area contributed by atoms with E-state index in [9.17, 15) is 8.78 Å². The Labute approximate surface area is 201 Å².